The second kappa shape index (κ2) is 3.62. The van der Waals surface area contributed by atoms with Gasteiger partial charge in [-0.3, -0.25) is 0 Å². The summed E-state index contributed by atoms with van der Waals surface area (Å²) in [6, 6.07) is 0. The summed E-state index contributed by atoms with van der Waals surface area (Å²) in [5, 5.41) is -0.502. The van der Waals surface area contributed by atoms with Crippen molar-refractivity contribution in [2.75, 3.05) is 0 Å². The molecule has 9 heavy (non-hydrogen) atoms. The molecule has 0 heterocycles. The Bertz CT molecular complexity index is 149. The smallest absolute Gasteiger partial charge is 0.137 e. The average Bonchev–Trinajstić information content (AvgIpc) is 1.84. The Hall–Kier alpha value is -0.370. The number of allylic oxidation sites excluding steroid dienone is 3. The van der Waals surface area contributed by atoms with Crippen LogP contribution in [-0.4, -0.2) is 0 Å². The first-order valence-electron chi connectivity index (χ1n) is 2.48. The van der Waals surface area contributed by atoms with Gasteiger partial charge in [-0.05, 0) is 6.42 Å². The fourth-order valence-electron chi connectivity index (χ4n) is 0.302. The summed E-state index contributed by atoms with van der Waals surface area (Å²) in [4.78, 5) is 0. The minimum absolute atomic E-state index is 0.0990. The highest BCUT2D eigenvalue weighted by Crippen LogP contribution is 2.21. The van der Waals surface area contributed by atoms with Crippen molar-refractivity contribution in [3.8, 4) is 0 Å². The van der Waals surface area contributed by atoms with Crippen LogP contribution in [0.1, 0.15) is 13.3 Å². The van der Waals surface area contributed by atoms with Gasteiger partial charge in [-0.1, -0.05) is 25.1 Å². The van der Waals surface area contributed by atoms with Crippen molar-refractivity contribution >= 4 is 11.6 Å². The van der Waals surface area contributed by atoms with Crippen LogP contribution in [0.15, 0.2) is 23.3 Å². The van der Waals surface area contributed by atoms with E-state index in [1.165, 1.54) is 0 Å². The van der Waals surface area contributed by atoms with Crippen molar-refractivity contribution in [2.45, 2.75) is 13.3 Å². The van der Waals surface area contributed by atoms with Gasteiger partial charge in [0.25, 0.3) is 0 Å². The van der Waals surface area contributed by atoms with Crippen LogP contribution in [0.25, 0.3) is 0 Å². The molecule has 0 amide bonds. The van der Waals surface area contributed by atoms with E-state index in [9.17, 15) is 8.78 Å². The monoisotopic (exact) mass is 152 g/mol. The zero-order valence-corrected chi connectivity index (χ0v) is 5.80. The van der Waals surface area contributed by atoms with E-state index in [1.807, 2.05) is 0 Å². The fraction of sp³-hybridized carbons (Fsp3) is 0.333. The normalized spacial score (nSPS) is 12.9. The maximum absolute atomic E-state index is 12.2. The molecule has 0 nitrogen and oxygen atoms in total. The van der Waals surface area contributed by atoms with Crippen LogP contribution in [0.4, 0.5) is 8.78 Å². The van der Waals surface area contributed by atoms with Gasteiger partial charge in [-0.25, -0.2) is 8.78 Å². The summed E-state index contributed by atoms with van der Waals surface area (Å²) in [6.07, 6.45) is 0.0990. The molecule has 0 aromatic heterocycles. The van der Waals surface area contributed by atoms with E-state index in [-0.39, 0.29) is 6.42 Å². The van der Waals surface area contributed by atoms with Crippen molar-refractivity contribution in [3.05, 3.63) is 23.3 Å². The summed E-state index contributed by atoms with van der Waals surface area (Å²) < 4.78 is 24.1. The molecule has 0 N–H and O–H groups in total. The topological polar surface area (TPSA) is 0 Å². The molecule has 0 aromatic carbocycles. The molecule has 0 saturated heterocycles. The zero-order valence-electron chi connectivity index (χ0n) is 5.05. The Morgan fingerprint density at radius 3 is 2.11 bits per heavy atom. The molecule has 0 bridgehead atoms. The van der Waals surface area contributed by atoms with E-state index in [1.54, 1.807) is 6.92 Å². The van der Waals surface area contributed by atoms with Gasteiger partial charge in [-0.2, -0.15) is 0 Å². The van der Waals surface area contributed by atoms with Crippen molar-refractivity contribution < 1.29 is 8.78 Å². The lowest BCUT2D eigenvalue weighted by Crippen LogP contribution is -1.76. The molecular formula is C6H7ClF2. The van der Waals surface area contributed by atoms with Gasteiger partial charge < -0.3 is 0 Å². The van der Waals surface area contributed by atoms with E-state index in [2.05, 4.69) is 6.58 Å². The third-order valence-electron chi connectivity index (χ3n) is 0.787. The Labute approximate surface area is 57.8 Å². The molecule has 0 rings (SSSR count). The molecular weight excluding hydrogens is 146 g/mol. The summed E-state index contributed by atoms with van der Waals surface area (Å²) in [5.74, 6) is -1.58. The van der Waals surface area contributed by atoms with E-state index in [0.29, 0.717) is 0 Å². The molecule has 0 aliphatic carbocycles. The number of hydrogen-bond donors (Lipinski definition) is 0. The maximum Gasteiger partial charge on any atom is 0.137 e. The summed E-state index contributed by atoms with van der Waals surface area (Å²) >= 11 is 5.10. The lowest BCUT2D eigenvalue weighted by Gasteiger charge is -1.93. The molecule has 0 unspecified atom stereocenters. The van der Waals surface area contributed by atoms with Gasteiger partial charge in [0.1, 0.15) is 16.7 Å². The molecule has 3 heteroatoms. The lowest BCUT2D eigenvalue weighted by atomic mass is 10.3. The standard InChI is InChI=1S/C6H7ClF2/c1-3-5(9)6(7)4(2)8/h2-3H2,1H3/b6-5-. The fourth-order valence-corrected chi connectivity index (χ4v) is 0.436. The van der Waals surface area contributed by atoms with Crippen molar-refractivity contribution in [3.63, 3.8) is 0 Å². The maximum atomic E-state index is 12.2. The lowest BCUT2D eigenvalue weighted by molar-refractivity contribution is 0.583. The van der Waals surface area contributed by atoms with Gasteiger partial charge >= 0.3 is 0 Å². The molecule has 0 saturated carbocycles. The molecule has 52 valence electrons. The van der Waals surface area contributed by atoms with Crippen molar-refractivity contribution in [1.29, 1.82) is 0 Å². The van der Waals surface area contributed by atoms with Gasteiger partial charge in [-0.15, -0.1) is 0 Å². The highest BCUT2D eigenvalue weighted by Gasteiger charge is 2.03. The van der Waals surface area contributed by atoms with E-state index >= 15 is 0 Å². The second-order valence-electron chi connectivity index (χ2n) is 1.48. The molecule has 0 spiro atoms. The minimum Gasteiger partial charge on any atom is -0.210 e. The molecule has 0 aliphatic rings. The third-order valence-corrected chi connectivity index (χ3v) is 1.20. The van der Waals surface area contributed by atoms with E-state index in [0.717, 1.165) is 0 Å². The number of rotatable bonds is 2. The van der Waals surface area contributed by atoms with Crippen LogP contribution in [0.5, 0.6) is 0 Å². The SMILES string of the molecule is C=C(F)/C(Cl)=C(/F)CC. The van der Waals surface area contributed by atoms with Gasteiger partial charge in [0, 0.05) is 0 Å². The number of hydrogen-bond acceptors (Lipinski definition) is 0. The Morgan fingerprint density at radius 1 is 1.56 bits per heavy atom. The van der Waals surface area contributed by atoms with Gasteiger partial charge in [0.15, 0.2) is 0 Å². The zero-order chi connectivity index (χ0) is 7.44. The first-order valence-corrected chi connectivity index (χ1v) is 2.86. The summed E-state index contributed by atoms with van der Waals surface area (Å²) in [5.41, 5.74) is 0. The first-order chi connectivity index (χ1) is 4.09. The van der Waals surface area contributed by atoms with Crippen LogP contribution in [-0.2, 0) is 0 Å². The average molecular weight is 153 g/mol. The largest absolute Gasteiger partial charge is 0.210 e. The summed E-state index contributed by atoms with van der Waals surface area (Å²) in [7, 11) is 0. The number of halogens is 3. The Kier molecular flexibility index (Phi) is 3.47. The van der Waals surface area contributed by atoms with E-state index < -0.39 is 16.7 Å². The van der Waals surface area contributed by atoms with Crippen molar-refractivity contribution in [2.24, 2.45) is 0 Å². The molecule has 0 fully saturated rings. The van der Waals surface area contributed by atoms with Crippen LogP contribution >= 0.6 is 11.6 Å². The van der Waals surface area contributed by atoms with Gasteiger partial charge in [0.2, 0.25) is 0 Å². The molecule has 0 atom stereocenters. The predicted molar refractivity (Wildman–Crippen MR) is 34.5 cm³/mol. The molecule has 0 aliphatic heterocycles. The Morgan fingerprint density at radius 2 is 2.00 bits per heavy atom. The van der Waals surface area contributed by atoms with Gasteiger partial charge in [0.05, 0.1) is 0 Å². The van der Waals surface area contributed by atoms with E-state index in [4.69, 9.17) is 11.6 Å². The highest BCUT2D eigenvalue weighted by molar-refractivity contribution is 6.31. The second-order valence-corrected chi connectivity index (χ2v) is 1.86. The Balaban J connectivity index is 4.28. The van der Waals surface area contributed by atoms with Crippen LogP contribution < -0.4 is 0 Å². The molecule has 0 radical (unpaired) electrons. The quantitative estimate of drug-likeness (QED) is 0.533. The summed E-state index contributed by atoms with van der Waals surface area (Å²) in [6.45, 7) is 4.37. The van der Waals surface area contributed by atoms with Crippen LogP contribution in [0.2, 0.25) is 0 Å². The highest BCUT2D eigenvalue weighted by atomic mass is 35.5. The minimum atomic E-state index is -0.920. The van der Waals surface area contributed by atoms with Crippen LogP contribution in [0, 0.1) is 0 Å². The molecule has 0 aromatic rings. The van der Waals surface area contributed by atoms with Crippen molar-refractivity contribution in [1.82, 2.24) is 0 Å². The predicted octanol–water partition coefficient (Wildman–Crippen LogP) is 3.30. The first kappa shape index (κ1) is 8.63. The van der Waals surface area contributed by atoms with Crippen LogP contribution in [0.3, 0.4) is 0 Å². The third kappa shape index (κ3) is 2.61.